The fraction of sp³-hybridized carbons (Fsp3) is 0.239. The summed E-state index contributed by atoms with van der Waals surface area (Å²) in [6.07, 6.45) is 1.17. The minimum atomic E-state index is -2.57. The minimum Gasteiger partial charge on any atom is -0.498 e. The number of aryl methyl sites for hydroxylation is 2. The van der Waals surface area contributed by atoms with Crippen LogP contribution >= 0.6 is 0 Å². The van der Waals surface area contributed by atoms with Gasteiger partial charge < -0.3 is 14.4 Å². The van der Waals surface area contributed by atoms with Crippen molar-refractivity contribution >= 4 is 43.6 Å². The molecular weight excluding hydrogens is 803 g/mol. The second kappa shape index (κ2) is 14.1. The molecule has 8 aromatic rings. The van der Waals surface area contributed by atoms with Crippen LogP contribution in [0.4, 0.5) is 0 Å². The van der Waals surface area contributed by atoms with Crippen LogP contribution in [-0.4, -0.2) is 15.0 Å². The van der Waals surface area contributed by atoms with Gasteiger partial charge in [-0.1, -0.05) is 113 Å². The number of fused-ring (bicyclic) bond motifs is 7. The Morgan fingerprint density at radius 2 is 1.45 bits per heavy atom. The number of nitrogens with zero attached hydrogens (tertiary/aromatic N) is 3. The summed E-state index contributed by atoms with van der Waals surface area (Å²) in [6, 6.07) is 34.5. The minimum absolute atomic E-state index is 0. The third kappa shape index (κ3) is 7.38. The van der Waals surface area contributed by atoms with Crippen molar-refractivity contribution in [3.8, 4) is 22.5 Å². The number of benzene rings is 4. The molecule has 8 rings (SSSR count). The second-order valence-corrected chi connectivity index (χ2v) is 14.5. The SMILES string of the molecule is CC(C)(C)c1ccc(-c2[c-]cccc2)nc1.[2H]C([2H])([2H])c1cnc(-c2[c-]ccc3c2oc2c3ccc3c4ccccc4c(C([2H])([2H])[2H])nc32)cc1C([2H])([2H])C(C)(C)C.[Ir]. The zero-order valence-electron chi connectivity index (χ0n) is 37.4. The van der Waals surface area contributed by atoms with Crippen molar-refractivity contribution in [1.29, 1.82) is 0 Å². The van der Waals surface area contributed by atoms with Gasteiger partial charge in [0, 0.05) is 65.3 Å². The van der Waals surface area contributed by atoms with Crippen LogP contribution in [0.5, 0.6) is 0 Å². The molecule has 0 amide bonds. The van der Waals surface area contributed by atoms with Crippen LogP contribution in [0, 0.1) is 31.3 Å². The summed E-state index contributed by atoms with van der Waals surface area (Å²) in [4.78, 5) is 13.5. The number of hydrogen-bond donors (Lipinski definition) is 0. The normalized spacial score (nSPS) is 14.9. The van der Waals surface area contributed by atoms with Gasteiger partial charge in [0.1, 0.15) is 11.1 Å². The fourth-order valence-corrected chi connectivity index (χ4v) is 6.06. The van der Waals surface area contributed by atoms with Crippen LogP contribution in [0.15, 0.2) is 108 Å². The average molecular weight is 854 g/mol. The third-order valence-corrected chi connectivity index (χ3v) is 8.56. The molecule has 259 valence electrons. The van der Waals surface area contributed by atoms with Crippen LogP contribution < -0.4 is 0 Å². The number of rotatable bonds is 3. The van der Waals surface area contributed by atoms with Crippen molar-refractivity contribution < 1.29 is 35.5 Å². The first-order valence-electron chi connectivity index (χ1n) is 20.6. The Kier molecular flexibility index (Phi) is 7.49. The second-order valence-electron chi connectivity index (χ2n) is 14.5. The molecule has 51 heavy (non-hydrogen) atoms. The van der Waals surface area contributed by atoms with Crippen LogP contribution in [0.2, 0.25) is 0 Å². The molecule has 4 aromatic carbocycles. The third-order valence-electron chi connectivity index (χ3n) is 8.56. The van der Waals surface area contributed by atoms with E-state index >= 15 is 0 Å². The molecule has 5 heteroatoms. The molecule has 0 saturated heterocycles. The van der Waals surface area contributed by atoms with E-state index in [1.807, 2.05) is 60.8 Å². The largest absolute Gasteiger partial charge is 0.498 e. The van der Waals surface area contributed by atoms with Crippen molar-refractivity contribution in [2.45, 2.75) is 67.0 Å². The average Bonchev–Trinajstić information content (AvgIpc) is 3.56. The van der Waals surface area contributed by atoms with Crippen molar-refractivity contribution in [2.75, 3.05) is 0 Å². The Hall–Kier alpha value is -4.70. The summed E-state index contributed by atoms with van der Waals surface area (Å²) >= 11 is 0. The van der Waals surface area contributed by atoms with Crippen molar-refractivity contribution in [3.05, 3.63) is 138 Å². The maximum absolute atomic E-state index is 8.88. The van der Waals surface area contributed by atoms with E-state index in [9.17, 15) is 0 Å². The maximum atomic E-state index is 8.88. The smallest absolute Gasteiger partial charge is 0.147 e. The molecule has 0 fully saturated rings. The Morgan fingerprint density at radius 3 is 2.14 bits per heavy atom. The van der Waals surface area contributed by atoms with E-state index in [2.05, 4.69) is 60.0 Å². The van der Waals surface area contributed by atoms with Crippen LogP contribution in [0.3, 0.4) is 0 Å². The van der Waals surface area contributed by atoms with Crippen LogP contribution in [-0.2, 0) is 31.9 Å². The predicted octanol–water partition coefficient (Wildman–Crippen LogP) is 12.2. The molecule has 0 N–H and O–H groups in total. The number of hydrogen-bond acceptors (Lipinski definition) is 4. The van der Waals surface area contributed by atoms with E-state index in [0.29, 0.717) is 38.7 Å². The quantitative estimate of drug-likeness (QED) is 0.131. The molecular formula is C46H43IrN3O-2. The predicted molar refractivity (Wildman–Crippen MR) is 208 cm³/mol. The van der Waals surface area contributed by atoms with Gasteiger partial charge in [-0.3, -0.25) is 0 Å². The number of aromatic nitrogens is 3. The van der Waals surface area contributed by atoms with Gasteiger partial charge in [-0.2, -0.15) is 0 Å². The van der Waals surface area contributed by atoms with Gasteiger partial charge >= 0.3 is 0 Å². The van der Waals surface area contributed by atoms with Gasteiger partial charge in [0.05, 0.1) is 5.58 Å². The van der Waals surface area contributed by atoms with Crippen LogP contribution in [0.1, 0.15) is 74.9 Å². The maximum Gasteiger partial charge on any atom is 0.147 e. The monoisotopic (exact) mass is 854 g/mol. The van der Waals surface area contributed by atoms with Gasteiger partial charge in [-0.15, -0.1) is 54.1 Å². The molecule has 0 aliphatic carbocycles. The molecule has 0 spiro atoms. The topological polar surface area (TPSA) is 51.8 Å². The fourth-order valence-electron chi connectivity index (χ4n) is 6.06. The van der Waals surface area contributed by atoms with E-state index in [4.69, 9.17) is 15.4 Å². The van der Waals surface area contributed by atoms with Gasteiger partial charge in [-0.05, 0) is 58.8 Å². The molecule has 0 unspecified atom stereocenters. The summed E-state index contributed by atoms with van der Waals surface area (Å²) in [6.45, 7) is 6.72. The van der Waals surface area contributed by atoms with E-state index in [1.165, 1.54) is 17.8 Å². The first kappa shape index (κ1) is 27.0. The van der Waals surface area contributed by atoms with E-state index in [0.717, 1.165) is 27.4 Å². The van der Waals surface area contributed by atoms with Gasteiger partial charge in [0.15, 0.2) is 0 Å². The van der Waals surface area contributed by atoms with E-state index in [1.54, 1.807) is 39.0 Å². The zero-order chi connectivity index (χ0) is 42.0. The van der Waals surface area contributed by atoms with Crippen molar-refractivity contribution in [2.24, 2.45) is 5.41 Å². The zero-order valence-corrected chi connectivity index (χ0v) is 31.8. The molecule has 0 atom stereocenters. The van der Waals surface area contributed by atoms with Gasteiger partial charge in [-0.25, -0.2) is 4.98 Å². The Balaban J connectivity index is 0.000000289. The molecule has 4 nitrogen and oxygen atoms in total. The molecule has 4 heterocycles. The van der Waals surface area contributed by atoms with Gasteiger partial charge in [0.2, 0.25) is 0 Å². The van der Waals surface area contributed by atoms with Gasteiger partial charge in [0.25, 0.3) is 0 Å². The molecule has 0 aliphatic rings. The van der Waals surface area contributed by atoms with Crippen molar-refractivity contribution in [1.82, 2.24) is 15.0 Å². The Labute approximate surface area is 326 Å². The molecule has 0 aliphatic heterocycles. The van der Waals surface area contributed by atoms with E-state index in [-0.39, 0.29) is 42.3 Å². The summed E-state index contributed by atoms with van der Waals surface area (Å²) in [7, 11) is 0. The first-order chi connectivity index (χ1) is 27.1. The molecule has 0 bridgehead atoms. The summed E-state index contributed by atoms with van der Waals surface area (Å²) in [5, 5.41) is 3.48. The first-order valence-corrected chi connectivity index (χ1v) is 16.6. The number of pyridine rings is 3. The van der Waals surface area contributed by atoms with E-state index < -0.39 is 25.5 Å². The summed E-state index contributed by atoms with van der Waals surface area (Å²) < 4.78 is 72.6. The summed E-state index contributed by atoms with van der Waals surface area (Å²) in [5.41, 5.74) is 4.36. The molecule has 1 radical (unpaired) electrons. The summed E-state index contributed by atoms with van der Waals surface area (Å²) in [5.74, 6) is 0. The number of furan rings is 1. The molecule has 4 aromatic heterocycles. The van der Waals surface area contributed by atoms with Crippen molar-refractivity contribution in [3.63, 3.8) is 0 Å². The Bertz CT molecular complexity index is 2800. The molecule has 0 saturated carbocycles. The van der Waals surface area contributed by atoms with Crippen LogP contribution in [0.25, 0.3) is 66.1 Å². The standard InChI is InChI=1S/C31H27N2O.C15H16N.Ir/c1-18-17-32-27(15-20(18)16-31(3,4)5)26-12-8-11-24-25-14-13-23-22-10-7-6-9-21(22)19(2)33-28(23)30(25)34-29(24)26;1-15(2,3)13-9-10-14(16-11-13)12-7-5-4-6-8-12;/h6-11,13-15,17H,16H2,1-5H3;4-7,9-11H,1-3H3;/q2*-1;/i1D3,2D3,16D2;;. The Morgan fingerprint density at radius 1 is 0.706 bits per heavy atom.